The lowest BCUT2D eigenvalue weighted by atomic mass is 10.0. The summed E-state index contributed by atoms with van der Waals surface area (Å²) >= 11 is 0. The Bertz CT molecular complexity index is 424. The number of hydrogen-bond acceptors (Lipinski definition) is 7. The van der Waals surface area contributed by atoms with Crippen LogP contribution in [0.4, 0.5) is 0 Å². The van der Waals surface area contributed by atoms with Gasteiger partial charge >= 0.3 is 5.97 Å². The van der Waals surface area contributed by atoms with E-state index in [9.17, 15) is 9.59 Å². The summed E-state index contributed by atoms with van der Waals surface area (Å²) in [5.41, 5.74) is 4.68. The van der Waals surface area contributed by atoms with E-state index < -0.39 is 11.6 Å². The zero-order chi connectivity index (χ0) is 20.8. The fourth-order valence-corrected chi connectivity index (χ4v) is 1.72. The number of nitrogens with zero attached hydrogens (tertiary/aromatic N) is 1. The highest BCUT2D eigenvalue weighted by atomic mass is 16.7. The lowest BCUT2D eigenvalue weighted by molar-refractivity contribution is -0.192. The summed E-state index contributed by atoms with van der Waals surface area (Å²) in [6.45, 7) is 12.1. The van der Waals surface area contributed by atoms with Crippen molar-refractivity contribution in [3.05, 3.63) is 0 Å². The van der Waals surface area contributed by atoms with E-state index in [0.29, 0.717) is 26.2 Å². The third kappa shape index (κ3) is 16.0. The molecule has 0 radical (unpaired) electrons. The van der Waals surface area contributed by atoms with Gasteiger partial charge in [0.05, 0.1) is 30.8 Å². The van der Waals surface area contributed by atoms with Crippen LogP contribution in [0.25, 0.3) is 0 Å². The Labute approximate surface area is 157 Å². The van der Waals surface area contributed by atoms with Crippen LogP contribution < -0.4 is 5.73 Å². The van der Waals surface area contributed by atoms with Crippen LogP contribution in [0.5, 0.6) is 0 Å². The summed E-state index contributed by atoms with van der Waals surface area (Å²) in [6.07, 6.45) is 2.16. The maximum absolute atomic E-state index is 11.7. The summed E-state index contributed by atoms with van der Waals surface area (Å²) in [4.78, 5) is 36.3. The van der Waals surface area contributed by atoms with E-state index in [4.69, 9.17) is 24.8 Å². The molecule has 0 rings (SSSR count). The van der Waals surface area contributed by atoms with Gasteiger partial charge in [0.1, 0.15) is 6.29 Å². The van der Waals surface area contributed by atoms with Crippen molar-refractivity contribution in [1.82, 2.24) is 5.06 Å². The van der Waals surface area contributed by atoms with E-state index >= 15 is 0 Å². The molecule has 8 nitrogen and oxygen atoms in total. The molecule has 0 atom stereocenters. The monoisotopic (exact) mass is 376 g/mol. The van der Waals surface area contributed by atoms with Crippen LogP contribution in [0, 0.1) is 0 Å². The van der Waals surface area contributed by atoms with Gasteiger partial charge in [-0.3, -0.25) is 4.79 Å². The Morgan fingerprint density at radius 3 is 1.96 bits per heavy atom. The Kier molecular flexibility index (Phi) is 14.0. The molecule has 0 unspecified atom stereocenters. The number of ether oxygens (including phenoxy) is 2. The van der Waals surface area contributed by atoms with Gasteiger partial charge in [-0.15, -0.1) is 0 Å². The molecule has 1 amide bonds. The normalized spacial score (nSPS) is 11.2. The molecule has 0 aromatic rings. The van der Waals surface area contributed by atoms with Crippen molar-refractivity contribution in [3.8, 4) is 0 Å². The molecule has 0 aromatic heterocycles. The smallest absolute Gasteiger partial charge is 0.332 e. The predicted molar refractivity (Wildman–Crippen MR) is 99.2 cm³/mol. The van der Waals surface area contributed by atoms with Crippen LogP contribution in [-0.4, -0.2) is 61.2 Å². The standard InChI is InChI=1S/C16H32N2O5.C2H4O/c1-13(19)18(6)23-14(20)7-8-15(2,3)21-11-9-16(4,5)22-12-10-17;1-2-3/h7-12,17H2,1-6H3;2H,1H3. The highest BCUT2D eigenvalue weighted by molar-refractivity contribution is 5.75. The van der Waals surface area contributed by atoms with Crippen molar-refractivity contribution < 1.29 is 28.7 Å². The first-order valence-corrected chi connectivity index (χ1v) is 8.73. The number of hydroxylamine groups is 2. The summed E-state index contributed by atoms with van der Waals surface area (Å²) < 4.78 is 11.5. The second kappa shape index (κ2) is 13.7. The lowest BCUT2D eigenvalue weighted by Gasteiger charge is -2.29. The average molecular weight is 376 g/mol. The van der Waals surface area contributed by atoms with E-state index in [1.54, 1.807) is 0 Å². The molecule has 0 heterocycles. The third-order valence-electron chi connectivity index (χ3n) is 3.42. The zero-order valence-corrected chi connectivity index (χ0v) is 17.3. The molecule has 0 saturated heterocycles. The van der Waals surface area contributed by atoms with Gasteiger partial charge in [0, 0.05) is 20.5 Å². The number of aldehydes is 1. The minimum absolute atomic E-state index is 0.178. The first-order valence-electron chi connectivity index (χ1n) is 8.73. The fourth-order valence-electron chi connectivity index (χ4n) is 1.72. The summed E-state index contributed by atoms with van der Waals surface area (Å²) in [7, 11) is 1.41. The van der Waals surface area contributed by atoms with Crippen LogP contribution >= 0.6 is 0 Å². The third-order valence-corrected chi connectivity index (χ3v) is 3.42. The molecule has 2 N–H and O–H groups in total. The second-order valence-electron chi connectivity index (χ2n) is 6.97. The first-order chi connectivity index (χ1) is 11.9. The van der Waals surface area contributed by atoms with E-state index in [0.717, 1.165) is 17.8 Å². The van der Waals surface area contributed by atoms with Gasteiger partial charge in [-0.1, -0.05) is 0 Å². The number of amides is 1. The van der Waals surface area contributed by atoms with E-state index in [2.05, 4.69) is 0 Å². The summed E-state index contributed by atoms with van der Waals surface area (Å²) in [5, 5.41) is 0.924. The summed E-state index contributed by atoms with van der Waals surface area (Å²) in [6, 6.07) is 0. The molecule has 0 aliphatic heterocycles. The molecule has 0 aromatic carbocycles. The van der Waals surface area contributed by atoms with Gasteiger partial charge < -0.3 is 24.8 Å². The van der Waals surface area contributed by atoms with Gasteiger partial charge in [-0.05, 0) is 47.5 Å². The number of nitrogens with two attached hydrogens (primary N) is 1. The van der Waals surface area contributed by atoms with Crippen LogP contribution in [-0.2, 0) is 28.7 Å². The molecule has 26 heavy (non-hydrogen) atoms. The molecule has 0 fully saturated rings. The lowest BCUT2D eigenvalue weighted by Crippen LogP contribution is -2.33. The largest absolute Gasteiger partial charge is 0.375 e. The van der Waals surface area contributed by atoms with Crippen molar-refractivity contribution in [2.24, 2.45) is 5.73 Å². The van der Waals surface area contributed by atoms with Gasteiger partial charge in [0.15, 0.2) is 0 Å². The average Bonchev–Trinajstić information content (AvgIpc) is 2.51. The minimum atomic E-state index is -0.461. The number of carbonyl (C=O) groups excluding carboxylic acids is 3. The Hall–Kier alpha value is -1.51. The van der Waals surface area contributed by atoms with Gasteiger partial charge in [-0.25, -0.2) is 4.79 Å². The van der Waals surface area contributed by atoms with E-state index in [-0.39, 0.29) is 17.9 Å². The van der Waals surface area contributed by atoms with Crippen molar-refractivity contribution >= 4 is 18.2 Å². The van der Waals surface area contributed by atoms with Crippen molar-refractivity contribution in [3.63, 3.8) is 0 Å². The molecule has 8 heteroatoms. The van der Waals surface area contributed by atoms with Crippen LogP contribution in [0.2, 0.25) is 0 Å². The highest BCUT2D eigenvalue weighted by Gasteiger charge is 2.24. The van der Waals surface area contributed by atoms with Gasteiger partial charge in [-0.2, -0.15) is 5.06 Å². The maximum atomic E-state index is 11.7. The molecule has 154 valence electrons. The van der Waals surface area contributed by atoms with Crippen LogP contribution in [0.15, 0.2) is 0 Å². The van der Waals surface area contributed by atoms with E-state index in [1.807, 2.05) is 27.7 Å². The van der Waals surface area contributed by atoms with E-state index in [1.165, 1.54) is 20.9 Å². The molecule has 0 bridgehead atoms. The second-order valence-corrected chi connectivity index (χ2v) is 6.97. The van der Waals surface area contributed by atoms with Gasteiger partial charge in [0.25, 0.3) is 5.91 Å². The maximum Gasteiger partial charge on any atom is 0.332 e. The van der Waals surface area contributed by atoms with Crippen LogP contribution in [0.1, 0.15) is 60.8 Å². The highest BCUT2D eigenvalue weighted by Crippen LogP contribution is 2.21. The Morgan fingerprint density at radius 2 is 1.50 bits per heavy atom. The number of carbonyl (C=O) groups is 3. The molecule has 0 aliphatic rings. The molecule has 0 spiro atoms. The minimum Gasteiger partial charge on any atom is -0.375 e. The summed E-state index contributed by atoms with van der Waals surface area (Å²) in [5.74, 6) is -0.778. The Balaban J connectivity index is 0. The van der Waals surface area contributed by atoms with Crippen molar-refractivity contribution in [2.45, 2.75) is 72.0 Å². The van der Waals surface area contributed by atoms with Crippen molar-refractivity contribution in [1.29, 1.82) is 0 Å². The molecular weight excluding hydrogens is 340 g/mol. The van der Waals surface area contributed by atoms with Crippen molar-refractivity contribution in [2.75, 3.05) is 26.8 Å². The Morgan fingerprint density at radius 1 is 1.04 bits per heavy atom. The van der Waals surface area contributed by atoms with Gasteiger partial charge in [0.2, 0.25) is 0 Å². The molecule has 0 saturated carbocycles. The topological polar surface area (TPSA) is 108 Å². The first kappa shape index (κ1) is 26.7. The fraction of sp³-hybridized carbons (Fsp3) is 0.833. The SMILES string of the molecule is CC(=O)N(C)OC(=O)CCC(C)(C)OCCC(C)(C)OCCN.CC=O. The quantitative estimate of drug-likeness (QED) is 0.458. The predicted octanol–water partition coefficient (Wildman–Crippen LogP) is 1.85. The van der Waals surface area contributed by atoms with Crippen LogP contribution in [0.3, 0.4) is 0 Å². The number of hydrogen-bond donors (Lipinski definition) is 1. The molecule has 0 aliphatic carbocycles. The zero-order valence-electron chi connectivity index (χ0n) is 17.3. The number of rotatable bonds is 10. The molecular formula is C18H36N2O6.